The molecule has 0 radical (unpaired) electrons. The normalized spacial score (nSPS) is 16.2. The summed E-state index contributed by atoms with van der Waals surface area (Å²) in [7, 11) is 3.58. The Morgan fingerprint density at radius 1 is 0.526 bits per heavy atom. The lowest BCUT2D eigenvalue weighted by molar-refractivity contribution is -0.157. The van der Waals surface area contributed by atoms with Crippen LogP contribution in [0.3, 0.4) is 0 Å². The van der Waals surface area contributed by atoms with Crippen LogP contribution in [0.25, 0.3) is 0 Å². The molecule has 1 fully saturated rings. The van der Waals surface area contributed by atoms with Crippen LogP contribution in [0.4, 0.5) is 0 Å². The van der Waals surface area contributed by atoms with Gasteiger partial charge < -0.3 is 14.2 Å². The van der Waals surface area contributed by atoms with Gasteiger partial charge in [0.1, 0.15) is 11.7 Å². The van der Waals surface area contributed by atoms with Crippen molar-refractivity contribution in [1.82, 2.24) is 0 Å². The fraction of sp³-hybridized carbons (Fsp3) is 0.912. The first-order valence-corrected chi connectivity index (χ1v) is 16.7. The Hall–Kier alpha value is -0.870. The molecule has 38 heavy (non-hydrogen) atoms. The number of carbonyl (C=O) groups excluding carboxylic acids is 1. The fourth-order valence-corrected chi connectivity index (χ4v) is 5.53. The van der Waals surface area contributed by atoms with E-state index in [0.717, 1.165) is 38.2 Å². The average molecular weight is 537 g/mol. The first-order valence-electron chi connectivity index (χ1n) is 16.7. The van der Waals surface area contributed by atoms with Gasteiger partial charge in [0.15, 0.2) is 0 Å². The Labute approximate surface area is 237 Å². The summed E-state index contributed by atoms with van der Waals surface area (Å²) in [5, 5.41) is 0. The van der Waals surface area contributed by atoms with E-state index in [4.69, 9.17) is 14.2 Å². The summed E-state index contributed by atoms with van der Waals surface area (Å²) >= 11 is 0. The maximum absolute atomic E-state index is 11.9. The lowest BCUT2D eigenvalue weighted by Crippen LogP contribution is -2.32. The van der Waals surface area contributed by atoms with Gasteiger partial charge in [-0.15, -0.1) is 0 Å². The molecular formula is C34H64O4. The number of unbranched alkanes of at least 4 members (excludes halogenated alkanes) is 23. The Balaban J connectivity index is 1.85. The summed E-state index contributed by atoms with van der Waals surface area (Å²) in [5.41, 5.74) is 0. The fourth-order valence-electron chi connectivity index (χ4n) is 5.53. The van der Waals surface area contributed by atoms with Crippen LogP contribution in [0.15, 0.2) is 11.8 Å². The van der Waals surface area contributed by atoms with Gasteiger partial charge in [0, 0.05) is 27.4 Å². The minimum Gasteiger partial charge on any atom is -0.430 e. The average Bonchev–Trinajstić information content (AvgIpc) is 2.92. The molecule has 1 rings (SSSR count). The van der Waals surface area contributed by atoms with Crippen LogP contribution in [0.1, 0.15) is 167 Å². The third kappa shape index (κ3) is 21.0. The van der Waals surface area contributed by atoms with Gasteiger partial charge in [-0.05, 0) is 38.2 Å². The van der Waals surface area contributed by atoms with Crippen LogP contribution < -0.4 is 0 Å². The molecule has 0 aromatic rings. The minimum atomic E-state index is 0.00782. The van der Waals surface area contributed by atoms with Crippen LogP contribution in [0.2, 0.25) is 0 Å². The zero-order chi connectivity index (χ0) is 27.4. The molecule has 1 aliphatic heterocycles. The highest BCUT2D eigenvalue weighted by atomic mass is 16.6. The number of carbonyl (C=O) groups is 1. The van der Waals surface area contributed by atoms with E-state index in [2.05, 4.69) is 6.08 Å². The van der Waals surface area contributed by atoms with Gasteiger partial charge in [0.25, 0.3) is 0 Å². The largest absolute Gasteiger partial charge is 0.430 e. The third-order valence-electron chi connectivity index (χ3n) is 8.09. The summed E-state index contributed by atoms with van der Waals surface area (Å²) in [4.78, 5) is 11.9. The molecule has 1 aliphatic rings. The highest BCUT2D eigenvalue weighted by Gasteiger charge is 2.36. The number of methoxy groups -OCH3 is 2. The number of rotatable bonds is 30. The van der Waals surface area contributed by atoms with E-state index in [1.807, 2.05) is 0 Å². The number of hydrogen-bond donors (Lipinski definition) is 0. The second kappa shape index (κ2) is 27.7. The van der Waals surface area contributed by atoms with Crippen molar-refractivity contribution in [3.63, 3.8) is 0 Å². The second-order valence-electron chi connectivity index (χ2n) is 11.6. The molecule has 0 aromatic carbocycles. The zero-order valence-electron chi connectivity index (χ0n) is 25.6. The standard InChI is InChI=1S/C34H64O4/c1-36-30-26-22-18-14-10-6-3-4-9-13-17-21-25-29-33-32(34(35)38-33)28-24-20-16-12-8-5-7-11-15-19-23-27-31-37-2/h29,32H,3-28,30-31H2,1-2H3. The van der Waals surface area contributed by atoms with Gasteiger partial charge in [0.05, 0.1) is 0 Å². The summed E-state index contributed by atoms with van der Waals surface area (Å²) in [6, 6.07) is 0. The van der Waals surface area contributed by atoms with E-state index in [1.54, 1.807) is 14.2 Å². The molecule has 0 bridgehead atoms. The minimum absolute atomic E-state index is 0.00782. The smallest absolute Gasteiger partial charge is 0.321 e. The molecule has 4 nitrogen and oxygen atoms in total. The summed E-state index contributed by atoms with van der Waals surface area (Å²) < 4.78 is 15.5. The van der Waals surface area contributed by atoms with E-state index >= 15 is 0 Å². The van der Waals surface area contributed by atoms with Gasteiger partial charge in [-0.2, -0.15) is 0 Å². The predicted octanol–water partition coefficient (Wildman–Crippen LogP) is 10.5. The molecule has 0 N–H and O–H groups in total. The molecule has 224 valence electrons. The highest BCUT2D eigenvalue weighted by molar-refractivity contribution is 5.82. The number of allylic oxidation sites excluding steroid dienone is 1. The molecule has 0 spiro atoms. The van der Waals surface area contributed by atoms with Crippen LogP contribution in [0, 0.1) is 5.92 Å². The van der Waals surface area contributed by atoms with Gasteiger partial charge in [-0.25, -0.2) is 0 Å². The van der Waals surface area contributed by atoms with Crippen LogP contribution in [-0.4, -0.2) is 33.4 Å². The summed E-state index contributed by atoms with van der Waals surface area (Å²) in [6.07, 6.45) is 36.3. The first-order chi connectivity index (χ1) is 18.8. The van der Waals surface area contributed by atoms with Gasteiger partial charge >= 0.3 is 5.97 Å². The number of cyclic esters (lactones) is 1. The van der Waals surface area contributed by atoms with E-state index in [0.29, 0.717) is 0 Å². The third-order valence-corrected chi connectivity index (χ3v) is 8.09. The van der Waals surface area contributed by atoms with Crippen molar-refractivity contribution in [2.24, 2.45) is 5.92 Å². The van der Waals surface area contributed by atoms with Crippen molar-refractivity contribution in [3.05, 3.63) is 11.8 Å². The molecule has 1 unspecified atom stereocenters. The quantitative estimate of drug-likeness (QED) is 0.0676. The van der Waals surface area contributed by atoms with Crippen molar-refractivity contribution >= 4 is 5.97 Å². The van der Waals surface area contributed by atoms with Gasteiger partial charge in [-0.1, -0.05) is 135 Å². The maximum atomic E-state index is 11.9. The van der Waals surface area contributed by atoms with Crippen LogP contribution in [-0.2, 0) is 19.0 Å². The summed E-state index contributed by atoms with van der Waals surface area (Å²) in [6.45, 7) is 1.83. The van der Waals surface area contributed by atoms with Crippen molar-refractivity contribution < 1.29 is 19.0 Å². The van der Waals surface area contributed by atoms with Crippen molar-refractivity contribution in [1.29, 1.82) is 0 Å². The number of ether oxygens (including phenoxy) is 3. The van der Waals surface area contributed by atoms with Gasteiger partial charge in [0.2, 0.25) is 0 Å². The van der Waals surface area contributed by atoms with Gasteiger partial charge in [-0.3, -0.25) is 4.79 Å². The van der Waals surface area contributed by atoms with Crippen LogP contribution in [0.5, 0.6) is 0 Å². The molecule has 1 heterocycles. The summed E-state index contributed by atoms with van der Waals surface area (Å²) in [5.74, 6) is 1.05. The highest BCUT2D eigenvalue weighted by Crippen LogP contribution is 2.32. The molecule has 0 aliphatic carbocycles. The number of hydrogen-bond acceptors (Lipinski definition) is 4. The topological polar surface area (TPSA) is 44.8 Å². The van der Waals surface area contributed by atoms with E-state index in [-0.39, 0.29) is 11.9 Å². The Kier molecular flexibility index (Phi) is 25.6. The van der Waals surface area contributed by atoms with E-state index in [1.165, 1.54) is 148 Å². The van der Waals surface area contributed by atoms with Crippen molar-refractivity contribution in [2.75, 3.05) is 27.4 Å². The molecule has 1 atom stereocenters. The SMILES string of the molecule is COCCCCCCCCCCCCCCC=C1OC(=O)C1CCCCCCCCCCCCCCOC. The first kappa shape index (κ1) is 35.2. The molecular weight excluding hydrogens is 472 g/mol. The van der Waals surface area contributed by atoms with Crippen LogP contribution >= 0.6 is 0 Å². The lowest BCUT2D eigenvalue weighted by Gasteiger charge is -2.28. The molecule has 0 saturated carbocycles. The Morgan fingerprint density at radius 2 is 0.868 bits per heavy atom. The molecule has 1 saturated heterocycles. The van der Waals surface area contributed by atoms with Crippen molar-refractivity contribution in [2.45, 2.75) is 167 Å². The van der Waals surface area contributed by atoms with E-state index in [9.17, 15) is 4.79 Å². The Morgan fingerprint density at radius 3 is 1.24 bits per heavy atom. The lowest BCUT2D eigenvalue weighted by atomic mass is 9.93. The zero-order valence-corrected chi connectivity index (χ0v) is 25.6. The molecule has 0 aromatic heterocycles. The second-order valence-corrected chi connectivity index (χ2v) is 11.6. The van der Waals surface area contributed by atoms with E-state index < -0.39 is 0 Å². The monoisotopic (exact) mass is 536 g/mol. The molecule has 0 amide bonds. The number of esters is 1. The molecule has 4 heteroatoms. The van der Waals surface area contributed by atoms with Crippen molar-refractivity contribution in [3.8, 4) is 0 Å². The Bertz CT molecular complexity index is 545. The maximum Gasteiger partial charge on any atom is 0.321 e. The predicted molar refractivity (Wildman–Crippen MR) is 161 cm³/mol.